The topological polar surface area (TPSA) is 55.9 Å². The van der Waals surface area contributed by atoms with E-state index in [0.717, 1.165) is 23.7 Å². The third-order valence-corrected chi connectivity index (χ3v) is 3.67. The van der Waals surface area contributed by atoms with Gasteiger partial charge in [-0.1, -0.05) is 27.7 Å². The molecule has 4 heteroatoms. The number of aryl methyl sites for hydroxylation is 1. The number of hydrogen-bond donors (Lipinski definition) is 2. The van der Waals surface area contributed by atoms with Gasteiger partial charge in [-0.05, 0) is 32.1 Å². The summed E-state index contributed by atoms with van der Waals surface area (Å²) in [5, 5.41) is 7.94. The maximum atomic E-state index is 6.09. The summed E-state index contributed by atoms with van der Waals surface area (Å²) in [5.74, 6) is 1.52. The summed E-state index contributed by atoms with van der Waals surface area (Å²) < 4.78 is 1.97. The zero-order chi connectivity index (χ0) is 14.1. The molecule has 104 valence electrons. The molecule has 0 saturated carbocycles. The van der Waals surface area contributed by atoms with Crippen molar-refractivity contribution in [2.24, 2.45) is 11.3 Å². The second-order valence-corrected chi connectivity index (χ2v) is 6.53. The summed E-state index contributed by atoms with van der Waals surface area (Å²) in [7, 11) is 0. The van der Waals surface area contributed by atoms with Gasteiger partial charge in [-0.3, -0.25) is 0 Å². The molecule has 0 aliphatic rings. The molecule has 1 unspecified atom stereocenters. The van der Waals surface area contributed by atoms with Crippen LogP contribution in [-0.2, 0) is 0 Å². The maximum Gasteiger partial charge on any atom is 0.148 e. The number of hydrogen-bond acceptors (Lipinski definition) is 3. The summed E-state index contributed by atoms with van der Waals surface area (Å²) in [6.45, 7) is 16.1. The van der Waals surface area contributed by atoms with Crippen LogP contribution in [0, 0.1) is 18.3 Å². The molecular formula is C14H28N4. The van der Waals surface area contributed by atoms with Gasteiger partial charge in [-0.15, -0.1) is 0 Å². The van der Waals surface area contributed by atoms with Gasteiger partial charge in [0.2, 0.25) is 0 Å². The van der Waals surface area contributed by atoms with Gasteiger partial charge in [0.1, 0.15) is 5.82 Å². The Kier molecular flexibility index (Phi) is 4.30. The average molecular weight is 252 g/mol. The fourth-order valence-electron chi connectivity index (χ4n) is 1.67. The van der Waals surface area contributed by atoms with Crippen LogP contribution in [0.4, 0.5) is 11.5 Å². The van der Waals surface area contributed by atoms with E-state index < -0.39 is 0 Å². The van der Waals surface area contributed by atoms with Crippen molar-refractivity contribution in [2.75, 3.05) is 17.6 Å². The molecule has 1 rings (SSSR count). The number of anilines is 2. The first kappa shape index (κ1) is 14.9. The van der Waals surface area contributed by atoms with Gasteiger partial charge < -0.3 is 11.1 Å². The van der Waals surface area contributed by atoms with Crippen LogP contribution in [-0.4, -0.2) is 16.3 Å². The van der Waals surface area contributed by atoms with Crippen molar-refractivity contribution in [3.05, 3.63) is 5.69 Å². The van der Waals surface area contributed by atoms with Crippen LogP contribution in [0.3, 0.4) is 0 Å². The Morgan fingerprint density at radius 1 is 1.28 bits per heavy atom. The average Bonchev–Trinajstić information content (AvgIpc) is 2.51. The molecule has 1 heterocycles. The molecule has 4 nitrogen and oxygen atoms in total. The van der Waals surface area contributed by atoms with Gasteiger partial charge in [0.05, 0.1) is 11.4 Å². The van der Waals surface area contributed by atoms with E-state index in [4.69, 9.17) is 5.73 Å². The first-order chi connectivity index (χ1) is 8.14. The summed E-state index contributed by atoms with van der Waals surface area (Å²) >= 11 is 0. The van der Waals surface area contributed by atoms with Crippen molar-refractivity contribution in [3.8, 4) is 0 Å². The predicted molar refractivity (Wildman–Crippen MR) is 78.9 cm³/mol. The second kappa shape index (κ2) is 5.21. The van der Waals surface area contributed by atoms with E-state index in [1.165, 1.54) is 0 Å². The van der Waals surface area contributed by atoms with Crippen LogP contribution >= 0.6 is 0 Å². The molecular weight excluding hydrogens is 224 g/mol. The Hall–Kier alpha value is -1.19. The Morgan fingerprint density at radius 3 is 2.28 bits per heavy atom. The number of rotatable bonds is 4. The minimum absolute atomic E-state index is 0.291. The second-order valence-electron chi connectivity index (χ2n) is 6.53. The minimum Gasteiger partial charge on any atom is -0.394 e. The molecule has 0 fully saturated rings. The number of aromatic nitrogens is 2. The largest absolute Gasteiger partial charge is 0.394 e. The van der Waals surface area contributed by atoms with Crippen molar-refractivity contribution < 1.29 is 0 Å². The molecule has 0 spiro atoms. The lowest BCUT2D eigenvalue weighted by molar-refractivity contribution is 0.274. The Balaban J connectivity index is 2.85. The number of nitrogens with zero attached hydrogens (tertiary/aromatic N) is 2. The normalized spacial score (nSPS) is 14.0. The molecule has 0 aliphatic carbocycles. The van der Waals surface area contributed by atoms with Crippen LogP contribution in [0.25, 0.3) is 0 Å². The van der Waals surface area contributed by atoms with E-state index in [1.807, 2.05) is 11.6 Å². The van der Waals surface area contributed by atoms with E-state index in [1.54, 1.807) is 0 Å². The molecule has 1 aromatic rings. The molecule has 0 aromatic carbocycles. The standard InChI is InChI=1S/C14H28N4/c1-9(2)18-13(12(15)11(4)17-18)16-8-10(3)14(5,6)7/h9-10,16H,8,15H2,1-7H3. The molecule has 0 amide bonds. The molecule has 0 saturated heterocycles. The Bertz CT molecular complexity index is 399. The summed E-state index contributed by atoms with van der Waals surface area (Å²) in [4.78, 5) is 0. The Labute approximate surface area is 111 Å². The van der Waals surface area contributed by atoms with Crippen molar-refractivity contribution in [1.82, 2.24) is 9.78 Å². The Morgan fingerprint density at radius 2 is 1.83 bits per heavy atom. The highest BCUT2D eigenvalue weighted by molar-refractivity contribution is 5.64. The molecule has 18 heavy (non-hydrogen) atoms. The van der Waals surface area contributed by atoms with Crippen LogP contribution in [0.5, 0.6) is 0 Å². The van der Waals surface area contributed by atoms with Crippen LogP contribution in [0.1, 0.15) is 53.3 Å². The molecule has 3 N–H and O–H groups in total. The van der Waals surface area contributed by atoms with Crippen molar-refractivity contribution in [1.29, 1.82) is 0 Å². The lowest BCUT2D eigenvalue weighted by atomic mass is 9.82. The highest BCUT2D eigenvalue weighted by atomic mass is 15.4. The van der Waals surface area contributed by atoms with Crippen molar-refractivity contribution in [2.45, 2.75) is 54.5 Å². The molecule has 1 aromatic heterocycles. The van der Waals surface area contributed by atoms with Gasteiger partial charge in [-0.2, -0.15) is 5.10 Å². The number of nitrogens with one attached hydrogen (secondary N) is 1. The lowest BCUT2D eigenvalue weighted by Gasteiger charge is -2.28. The summed E-state index contributed by atoms with van der Waals surface area (Å²) in [6.07, 6.45) is 0. The monoisotopic (exact) mass is 252 g/mol. The minimum atomic E-state index is 0.291. The fourth-order valence-corrected chi connectivity index (χ4v) is 1.67. The van der Waals surface area contributed by atoms with Gasteiger partial charge in [0.15, 0.2) is 0 Å². The number of nitrogen functional groups attached to an aromatic ring is 1. The van der Waals surface area contributed by atoms with Crippen LogP contribution in [0.15, 0.2) is 0 Å². The number of nitrogens with two attached hydrogens (primary N) is 1. The van der Waals surface area contributed by atoms with E-state index in [-0.39, 0.29) is 0 Å². The van der Waals surface area contributed by atoms with Crippen molar-refractivity contribution >= 4 is 11.5 Å². The zero-order valence-electron chi connectivity index (χ0n) is 12.8. The first-order valence-electron chi connectivity index (χ1n) is 6.73. The first-order valence-corrected chi connectivity index (χ1v) is 6.73. The molecule has 0 radical (unpaired) electrons. The van der Waals surface area contributed by atoms with Gasteiger partial charge in [0, 0.05) is 12.6 Å². The van der Waals surface area contributed by atoms with E-state index in [9.17, 15) is 0 Å². The lowest BCUT2D eigenvalue weighted by Crippen LogP contribution is -2.26. The highest BCUT2D eigenvalue weighted by Gasteiger charge is 2.21. The quantitative estimate of drug-likeness (QED) is 0.863. The molecule has 0 aliphatic heterocycles. The predicted octanol–water partition coefficient (Wildman–Crippen LogP) is 3.45. The summed E-state index contributed by atoms with van der Waals surface area (Å²) in [6, 6.07) is 0.313. The van der Waals surface area contributed by atoms with Crippen molar-refractivity contribution in [3.63, 3.8) is 0 Å². The highest BCUT2D eigenvalue weighted by Crippen LogP contribution is 2.29. The van der Waals surface area contributed by atoms with E-state index in [2.05, 4.69) is 52.0 Å². The maximum absolute atomic E-state index is 6.09. The van der Waals surface area contributed by atoms with Gasteiger partial charge in [-0.25, -0.2) is 4.68 Å². The SMILES string of the molecule is Cc1nn(C(C)C)c(NCC(C)C(C)(C)C)c1N. The van der Waals surface area contributed by atoms with Crippen LogP contribution in [0.2, 0.25) is 0 Å². The molecule has 1 atom stereocenters. The third-order valence-electron chi connectivity index (χ3n) is 3.67. The fraction of sp³-hybridized carbons (Fsp3) is 0.786. The van der Waals surface area contributed by atoms with Crippen LogP contribution < -0.4 is 11.1 Å². The molecule has 0 bridgehead atoms. The van der Waals surface area contributed by atoms with E-state index >= 15 is 0 Å². The zero-order valence-corrected chi connectivity index (χ0v) is 12.8. The van der Waals surface area contributed by atoms with E-state index in [0.29, 0.717) is 17.4 Å². The summed E-state index contributed by atoms with van der Waals surface area (Å²) in [5.41, 5.74) is 8.05. The van der Waals surface area contributed by atoms with Gasteiger partial charge in [0.25, 0.3) is 0 Å². The third kappa shape index (κ3) is 3.18. The smallest absolute Gasteiger partial charge is 0.148 e. The van der Waals surface area contributed by atoms with Gasteiger partial charge >= 0.3 is 0 Å².